The Morgan fingerprint density at radius 2 is 2.04 bits per heavy atom. The average Bonchev–Trinajstić information content (AvgIpc) is 2.61. The van der Waals surface area contributed by atoms with Gasteiger partial charge in [0.25, 0.3) is 0 Å². The van der Waals surface area contributed by atoms with Gasteiger partial charge >= 0.3 is 0 Å². The van der Waals surface area contributed by atoms with Gasteiger partial charge in [0.1, 0.15) is 0 Å². The van der Waals surface area contributed by atoms with Gasteiger partial charge in [0.15, 0.2) is 0 Å². The van der Waals surface area contributed by atoms with Crippen LogP contribution in [-0.2, 0) is 4.79 Å². The zero-order valence-corrected chi connectivity index (χ0v) is 12.8. The van der Waals surface area contributed by atoms with Crippen molar-refractivity contribution >= 4 is 23.0 Å². The molecule has 0 fully saturated rings. The quantitative estimate of drug-likeness (QED) is 0.673. The molecule has 0 unspecified atom stereocenters. The highest BCUT2D eigenvalue weighted by Crippen LogP contribution is 2.14. The SMILES string of the molecule is CC(=NNc1ccc(C2=NNC(=O)CC2)cc1)c1cccnc1. The number of hydrogen-bond donors (Lipinski definition) is 2. The van der Waals surface area contributed by atoms with Crippen LogP contribution < -0.4 is 10.9 Å². The second-order valence-electron chi connectivity index (χ2n) is 5.22. The second kappa shape index (κ2) is 6.83. The van der Waals surface area contributed by atoms with Crippen LogP contribution in [0.1, 0.15) is 30.9 Å². The van der Waals surface area contributed by atoms with Gasteiger partial charge in [0, 0.05) is 30.8 Å². The smallest absolute Gasteiger partial charge is 0.240 e. The molecule has 0 saturated heterocycles. The first kappa shape index (κ1) is 14.9. The van der Waals surface area contributed by atoms with E-state index in [9.17, 15) is 4.79 Å². The Kier molecular flexibility index (Phi) is 4.42. The van der Waals surface area contributed by atoms with Gasteiger partial charge in [-0.05, 0) is 30.7 Å². The first-order chi connectivity index (χ1) is 11.2. The number of benzene rings is 1. The van der Waals surface area contributed by atoms with Gasteiger partial charge in [0.2, 0.25) is 5.91 Å². The third-order valence-corrected chi connectivity index (χ3v) is 3.55. The van der Waals surface area contributed by atoms with Crippen LogP contribution in [0.4, 0.5) is 5.69 Å². The Morgan fingerprint density at radius 3 is 2.70 bits per heavy atom. The lowest BCUT2D eigenvalue weighted by Gasteiger charge is -2.12. The first-order valence-corrected chi connectivity index (χ1v) is 7.39. The van der Waals surface area contributed by atoms with E-state index in [1.54, 1.807) is 12.4 Å². The molecule has 1 aliphatic heterocycles. The standard InChI is InChI=1S/C17H17N5O/c1-12(14-3-2-10-18-11-14)19-20-15-6-4-13(5-7-15)16-8-9-17(23)22-21-16/h2-7,10-11,20H,8-9H2,1H3,(H,22,23). The van der Waals surface area contributed by atoms with Crippen molar-refractivity contribution in [2.75, 3.05) is 5.43 Å². The largest absolute Gasteiger partial charge is 0.278 e. The van der Waals surface area contributed by atoms with E-state index in [0.717, 1.165) is 28.2 Å². The molecule has 2 aromatic rings. The van der Waals surface area contributed by atoms with Crippen LogP contribution >= 0.6 is 0 Å². The van der Waals surface area contributed by atoms with Crippen molar-refractivity contribution in [3.05, 3.63) is 59.9 Å². The molecule has 1 aromatic heterocycles. The topological polar surface area (TPSA) is 78.7 Å². The number of amides is 1. The van der Waals surface area contributed by atoms with Crippen LogP contribution in [0.25, 0.3) is 0 Å². The summed E-state index contributed by atoms with van der Waals surface area (Å²) in [6.07, 6.45) is 4.66. The van der Waals surface area contributed by atoms with Crippen LogP contribution in [0.3, 0.4) is 0 Å². The van der Waals surface area contributed by atoms with Gasteiger partial charge in [-0.15, -0.1) is 0 Å². The van der Waals surface area contributed by atoms with Gasteiger partial charge in [-0.25, -0.2) is 5.43 Å². The number of nitrogens with zero attached hydrogens (tertiary/aromatic N) is 3. The van der Waals surface area contributed by atoms with Gasteiger partial charge < -0.3 is 0 Å². The highest BCUT2D eigenvalue weighted by Gasteiger charge is 2.12. The summed E-state index contributed by atoms with van der Waals surface area (Å²) in [6.45, 7) is 1.93. The van der Waals surface area contributed by atoms with Gasteiger partial charge in [-0.1, -0.05) is 18.2 Å². The molecule has 116 valence electrons. The van der Waals surface area contributed by atoms with E-state index in [1.807, 2.05) is 43.3 Å². The maximum absolute atomic E-state index is 11.1. The summed E-state index contributed by atoms with van der Waals surface area (Å²) in [6, 6.07) is 11.7. The van der Waals surface area contributed by atoms with Crippen LogP contribution in [0, 0.1) is 0 Å². The molecule has 6 heteroatoms. The molecule has 0 saturated carbocycles. The number of nitrogens with one attached hydrogen (secondary N) is 2. The summed E-state index contributed by atoms with van der Waals surface area (Å²) in [4.78, 5) is 15.2. The van der Waals surface area contributed by atoms with Gasteiger partial charge in [-0.2, -0.15) is 10.2 Å². The Hall–Kier alpha value is -3.02. The maximum Gasteiger partial charge on any atom is 0.240 e. The number of pyridine rings is 1. The molecule has 0 radical (unpaired) electrons. The lowest BCUT2D eigenvalue weighted by molar-refractivity contribution is -0.121. The molecule has 2 N–H and O–H groups in total. The summed E-state index contributed by atoms with van der Waals surface area (Å²) in [5, 5.41) is 8.44. The van der Waals surface area contributed by atoms with E-state index in [4.69, 9.17) is 0 Å². The normalized spacial score (nSPS) is 14.9. The minimum atomic E-state index is -0.0350. The van der Waals surface area contributed by atoms with Crippen molar-refractivity contribution in [2.24, 2.45) is 10.2 Å². The minimum Gasteiger partial charge on any atom is -0.278 e. The minimum absolute atomic E-state index is 0.0350. The molecule has 1 aromatic carbocycles. The third-order valence-electron chi connectivity index (χ3n) is 3.55. The molecule has 0 aliphatic carbocycles. The van der Waals surface area contributed by atoms with Crippen LogP contribution in [0.2, 0.25) is 0 Å². The van der Waals surface area contributed by atoms with E-state index in [2.05, 4.69) is 26.0 Å². The molecular weight excluding hydrogens is 290 g/mol. The number of carbonyl (C=O) groups excluding carboxylic acids is 1. The number of aromatic nitrogens is 1. The monoisotopic (exact) mass is 307 g/mol. The zero-order chi connectivity index (χ0) is 16.1. The maximum atomic E-state index is 11.1. The van der Waals surface area contributed by atoms with Crippen LogP contribution in [-0.4, -0.2) is 22.3 Å². The van der Waals surface area contributed by atoms with E-state index in [0.29, 0.717) is 12.8 Å². The number of carbonyl (C=O) groups is 1. The summed E-state index contributed by atoms with van der Waals surface area (Å²) in [5.41, 5.74) is 10.2. The third kappa shape index (κ3) is 3.79. The van der Waals surface area contributed by atoms with Crippen molar-refractivity contribution in [1.82, 2.24) is 10.4 Å². The lowest BCUT2D eigenvalue weighted by atomic mass is 10.0. The Balaban J connectivity index is 1.67. The number of hydrazone groups is 2. The zero-order valence-electron chi connectivity index (χ0n) is 12.8. The van der Waals surface area contributed by atoms with Crippen molar-refractivity contribution in [2.45, 2.75) is 19.8 Å². The first-order valence-electron chi connectivity index (χ1n) is 7.39. The van der Waals surface area contributed by atoms with E-state index < -0.39 is 0 Å². The highest BCUT2D eigenvalue weighted by atomic mass is 16.2. The van der Waals surface area contributed by atoms with Crippen LogP contribution in [0.15, 0.2) is 59.0 Å². The molecule has 3 rings (SSSR count). The van der Waals surface area contributed by atoms with Gasteiger partial charge in [-0.3, -0.25) is 15.2 Å². The second-order valence-corrected chi connectivity index (χ2v) is 5.22. The summed E-state index contributed by atoms with van der Waals surface area (Å²) >= 11 is 0. The van der Waals surface area contributed by atoms with Crippen molar-refractivity contribution in [3.63, 3.8) is 0 Å². The molecule has 6 nitrogen and oxygen atoms in total. The fourth-order valence-electron chi connectivity index (χ4n) is 2.21. The molecule has 1 amide bonds. The predicted molar refractivity (Wildman–Crippen MR) is 90.4 cm³/mol. The Morgan fingerprint density at radius 1 is 1.22 bits per heavy atom. The molecule has 0 bridgehead atoms. The summed E-state index contributed by atoms with van der Waals surface area (Å²) < 4.78 is 0. The molecular formula is C17H17N5O. The average molecular weight is 307 g/mol. The molecule has 1 aliphatic rings. The lowest BCUT2D eigenvalue weighted by Crippen LogP contribution is -2.25. The number of anilines is 1. The molecule has 0 atom stereocenters. The van der Waals surface area contributed by atoms with Crippen molar-refractivity contribution in [1.29, 1.82) is 0 Å². The number of rotatable bonds is 4. The number of hydrogen-bond acceptors (Lipinski definition) is 5. The fraction of sp³-hybridized carbons (Fsp3) is 0.176. The van der Waals surface area contributed by atoms with Gasteiger partial charge in [0.05, 0.1) is 17.1 Å². The Labute approximate surface area is 134 Å². The van der Waals surface area contributed by atoms with Crippen LogP contribution in [0.5, 0.6) is 0 Å². The Bertz CT molecular complexity index is 750. The fourth-order valence-corrected chi connectivity index (χ4v) is 2.21. The summed E-state index contributed by atoms with van der Waals surface area (Å²) in [7, 11) is 0. The molecule has 0 spiro atoms. The highest BCUT2D eigenvalue weighted by molar-refractivity contribution is 6.04. The molecule has 23 heavy (non-hydrogen) atoms. The predicted octanol–water partition coefficient (Wildman–Crippen LogP) is 2.53. The van der Waals surface area contributed by atoms with E-state index in [1.165, 1.54) is 0 Å². The molecule has 2 heterocycles. The van der Waals surface area contributed by atoms with E-state index >= 15 is 0 Å². The summed E-state index contributed by atoms with van der Waals surface area (Å²) in [5.74, 6) is -0.0350. The van der Waals surface area contributed by atoms with Crippen molar-refractivity contribution in [3.8, 4) is 0 Å². The van der Waals surface area contributed by atoms with Crippen molar-refractivity contribution < 1.29 is 4.79 Å². The van der Waals surface area contributed by atoms with E-state index in [-0.39, 0.29) is 5.91 Å².